The highest BCUT2D eigenvalue weighted by Crippen LogP contribution is 2.41. The van der Waals surface area contributed by atoms with Gasteiger partial charge in [0.25, 0.3) is 17.4 Å². The molecule has 2 atom stereocenters. The molecule has 9 heteroatoms. The molecule has 2 aromatic carbocycles. The third-order valence-electron chi connectivity index (χ3n) is 5.89. The van der Waals surface area contributed by atoms with Crippen LogP contribution < -0.4 is 4.74 Å². The number of carbonyl (C=O) groups is 2. The molecule has 0 aliphatic carbocycles. The maximum Gasteiger partial charge on any atom is 0.295 e. The Bertz CT molecular complexity index is 1170. The van der Waals surface area contributed by atoms with Gasteiger partial charge in [-0.1, -0.05) is 12.1 Å². The highest BCUT2D eigenvalue weighted by Gasteiger charge is 2.46. The van der Waals surface area contributed by atoms with Gasteiger partial charge in [0.1, 0.15) is 17.6 Å². The monoisotopic (exact) mass is 451 g/mol. The number of nitro groups is 1. The van der Waals surface area contributed by atoms with E-state index >= 15 is 0 Å². The Hall–Kier alpha value is -3.72. The fourth-order valence-corrected chi connectivity index (χ4v) is 4.30. The van der Waals surface area contributed by atoms with E-state index in [1.807, 2.05) is 25.9 Å². The van der Waals surface area contributed by atoms with Gasteiger partial charge < -0.3 is 19.6 Å². The van der Waals surface area contributed by atoms with Crippen LogP contribution in [0.5, 0.6) is 5.75 Å². The molecule has 0 aromatic heterocycles. The number of hydrogen-bond acceptors (Lipinski definition) is 7. The van der Waals surface area contributed by atoms with E-state index in [-0.39, 0.29) is 29.7 Å². The lowest BCUT2D eigenvalue weighted by atomic mass is 9.94. The van der Waals surface area contributed by atoms with E-state index in [0.717, 1.165) is 11.3 Å². The van der Waals surface area contributed by atoms with Crippen molar-refractivity contribution in [3.8, 4) is 5.75 Å². The van der Waals surface area contributed by atoms with E-state index in [9.17, 15) is 24.8 Å². The number of carbonyl (C=O) groups excluding carboxylic acids is 2. The molecule has 0 spiro atoms. The molecular weight excluding hydrogens is 426 g/mol. The predicted molar refractivity (Wildman–Crippen MR) is 121 cm³/mol. The first kappa shape index (κ1) is 22.5. The molecule has 2 aliphatic rings. The molecule has 33 heavy (non-hydrogen) atoms. The second-order valence-electron chi connectivity index (χ2n) is 8.60. The van der Waals surface area contributed by atoms with Crippen molar-refractivity contribution in [1.82, 2.24) is 9.80 Å². The number of likely N-dealkylation sites (tertiary alicyclic amines) is 1. The van der Waals surface area contributed by atoms with Crippen LogP contribution in [0.1, 0.15) is 29.7 Å². The smallest absolute Gasteiger partial charge is 0.295 e. The summed E-state index contributed by atoms with van der Waals surface area (Å²) in [7, 11) is 3.68. The van der Waals surface area contributed by atoms with Crippen LogP contribution in [0.2, 0.25) is 0 Å². The molecule has 172 valence electrons. The quantitative estimate of drug-likeness (QED) is 0.236. The van der Waals surface area contributed by atoms with E-state index in [1.54, 1.807) is 24.3 Å². The van der Waals surface area contributed by atoms with E-state index < -0.39 is 22.7 Å². The van der Waals surface area contributed by atoms with Crippen LogP contribution >= 0.6 is 0 Å². The van der Waals surface area contributed by atoms with Crippen molar-refractivity contribution in [2.45, 2.75) is 25.5 Å². The zero-order valence-electron chi connectivity index (χ0n) is 18.6. The minimum atomic E-state index is -0.937. The summed E-state index contributed by atoms with van der Waals surface area (Å²) < 4.78 is 5.71. The summed E-state index contributed by atoms with van der Waals surface area (Å²) in [6, 6.07) is 10.0. The van der Waals surface area contributed by atoms with Crippen molar-refractivity contribution >= 4 is 23.1 Å². The maximum absolute atomic E-state index is 13.1. The van der Waals surface area contributed by atoms with Gasteiger partial charge in [-0.15, -0.1) is 0 Å². The SMILES string of the molecule is CC1Cc2cc(/C(O)=C3\C(=O)C(=O)N(CCN(C)C)C3c3cccc([N+](=O)[O-])c3)ccc2O1. The molecule has 1 fully saturated rings. The Labute approximate surface area is 191 Å². The molecule has 2 aliphatic heterocycles. The average molecular weight is 451 g/mol. The molecule has 0 radical (unpaired) electrons. The summed E-state index contributed by atoms with van der Waals surface area (Å²) >= 11 is 0. The molecule has 1 amide bonds. The van der Waals surface area contributed by atoms with Crippen molar-refractivity contribution in [3.05, 3.63) is 74.8 Å². The van der Waals surface area contributed by atoms with Crippen molar-refractivity contribution in [2.24, 2.45) is 0 Å². The fourth-order valence-electron chi connectivity index (χ4n) is 4.30. The summed E-state index contributed by atoms with van der Waals surface area (Å²) in [6.07, 6.45) is 0.681. The van der Waals surface area contributed by atoms with Crippen molar-refractivity contribution < 1.29 is 24.4 Å². The molecular formula is C24H25N3O6. The Morgan fingerprint density at radius 3 is 2.70 bits per heavy atom. The number of non-ortho nitro benzene ring substituents is 1. The van der Waals surface area contributed by atoms with Crippen LogP contribution in [0.25, 0.3) is 5.76 Å². The van der Waals surface area contributed by atoms with Crippen LogP contribution in [0.4, 0.5) is 5.69 Å². The number of hydrogen-bond donors (Lipinski definition) is 1. The van der Waals surface area contributed by atoms with E-state index in [0.29, 0.717) is 24.1 Å². The number of rotatable bonds is 6. The Morgan fingerprint density at radius 2 is 2.00 bits per heavy atom. The number of nitrogens with zero attached hydrogens (tertiary/aromatic N) is 3. The molecule has 0 saturated carbocycles. The van der Waals surface area contributed by atoms with Gasteiger partial charge in [-0.2, -0.15) is 0 Å². The van der Waals surface area contributed by atoms with Crippen molar-refractivity contribution in [2.75, 3.05) is 27.2 Å². The van der Waals surface area contributed by atoms with Gasteiger partial charge in [-0.3, -0.25) is 19.7 Å². The summed E-state index contributed by atoms with van der Waals surface area (Å²) in [4.78, 5) is 40.1. The van der Waals surface area contributed by atoms with Crippen LogP contribution in [0.3, 0.4) is 0 Å². The summed E-state index contributed by atoms with van der Waals surface area (Å²) in [5.41, 5.74) is 1.45. The molecule has 1 N–H and O–H groups in total. The molecule has 2 unspecified atom stereocenters. The number of ketones is 1. The molecule has 2 heterocycles. The highest BCUT2D eigenvalue weighted by molar-refractivity contribution is 6.46. The minimum absolute atomic E-state index is 0.0128. The first-order valence-corrected chi connectivity index (χ1v) is 10.6. The number of ether oxygens (including phenoxy) is 1. The topological polar surface area (TPSA) is 113 Å². The number of Topliss-reactive ketones (excluding diaryl/α,β-unsaturated/α-hetero) is 1. The molecule has 2 aromatic rings. The summed E-state index contributed by atoms with van der Waals surface area (Å²) in [5.74, 6) is -1.14. The average Bonchev–Trinajstić information content (AvgIpc) is 3.27. The molecule has 4 rings (SSSR count). The van der Waals surface area contributed by atoms with Gasteiger partial charge in [0, 0.05) is 37.2 Å². The third kappa shape index (κ3) is 4.19. The fraction of sp³-hybridized carbons (Fsp3) is 0.333. The van der Waals surface area contributed by atoms with Crippen LogP contribution in [0.15, 0.2) is 48.0 Å². The van der Waals surface area contributed by atoms with Crippen LogP contribution in [-0.4, -0.2) is 64.8 Å². The van der Waals surface area contributed by atoms with Gasteiger partial charge in [-0.05, 0) is 50.3 Å². The molecule has 0 bridgehead atoms. The first-order valence-electron chi connectivity index (χ1n) is 10.6. The number of aliphatic hydroxyl groups excluding tert-OH is 1. The Morgan fingerprint density at radius 1 is 1.24 bits per heavy atom. The standard InChI is InChI=1S/C24H25N3O6/c1-14-11-17-12-16(7-8-19(17)33-14)22(28)20-21(15-5-4-6-18(13-15)27(31)32)26(10-9-25(2)3)24(30)23(20)29/h4-8,12-14,21,28H,9-11H2,1-3H3/b22-20+. The predicted octanol–water partition coefficient (Wildman–Crippen LogP) is 2.90. The second-order valence-corrected chi connectivity index (χ2v) is 8.60. The largest absolute Gasteiger partial charge is 0.507 e. The van der Waals surface area contributed by atoms with Gasteiger partial charge >= 0.3 is 0 Å². The minimum Gasteiger partial charge on any atom is -0.507 e. The van der Waals surface area contributed by atoms with Crippen molar-refractivity contribution in [1.29, 1.82) is 0 Å². The number of amides is 1. The first-order chi connectivity index (χ1) is 15.7. The normalized spacial score (nSPS) is 21.4. The summed E-state index contributed by atoms with van der Waals surface area (Å²) in [6.45, 7) is 2.64. The zero-order valence-corrected chi connectivity index (χ0v) is 18.6. The molecule has 9 nitrogen and oxygen atoms in total. The number of benzene rings is 2. The number of fused-ring (bicyclic) bond motifs is 1. The van der Waals surface area contributed by atoms with E-state index in [4.69, 9.17) is 4.74 Å². The highest BCUT2D eigenvalue weighted by atomic mass is 16.6. The number of aliphatic hydroxyl groups is 1. The summed E-state index contributed by atoms with van der Waals surface area (Å²) in [5, 5.41) is 22.5. The van der Waals surface area contributed by atoms with Gasteiger partial charge in [-0.25, -0.2) is 0 Å². The Balaban J connectivity index is 1.84. The molecule has 1 saturated heterocycles. The van der Waals surface area contributed by atoms with Gasteiger partial charge in [0.05, 0.1) is 16.5 Å². The van der Waals surface area contributed by atoms with E-state index in [2.05, 4.69) is 0 Å². The van der Waals surface area contributed by atoms with Crippen molar-refractivity contribution in [3.63, 3.8) is 0 Å². The third-order valence-corrected chi connectivity index (χ3v) is 5.89. The lowest BCUT2D eigenvalue weighted by Crippen LogP contribution is -2.35. The lowest BCUT2D eigenvalue weighted by molar-refractivity contribution is -0.384. The van der Waals surface area contributed by atoms with Crippen LogP contribution in [-0.2, 0) is 16.0 Å². The van der Waals surface area contributed by atoms with E-state index in [1.165, 1.54) is 23.1 Å². The second kappa shape index (κ2) is 8.67. The van der Waals surface area contributed by atoms with Gasteiger partial charge in [0.2, 0.25) is 0 Å². The maximum atomic E-state index is 13.1. The van der Waals surface area contributed by atoms with Gasteiger partial charge in [0.15, 0.2) is 0 Å². The number of likely N-dealkylation sites (N-methyl/N-ethyl adjacent to an activating group) is 1. The Kier molecular flexibility index (Phi) is 5.90. The zero-order chi connectivity index (χ0) is 23.9. The number of nitro benzene ring substituents is 1. The lowest BCUT2D eigenvalue weighted by Gasteiger charge is -2.26. The van der Waals surface area contributed by atoms with Crippen LogP contribution in [0, 0.1) is 10.1 Å².